The Kier molecular flexibility index (Phi) is 10.4. The molecule has 0 aromatic carbocycles. The fourth-order valence-electron chi connectivity index (χ4n) is 3.63. The lowest BCUT2D eigenvalue weighted by molar-refractivity contribution is -0.134. The number of halogens is 3. The molecule has 0 bridgehead atoms. The molecule has 226 valence electrons. The van der Waals surface area contributed by atoms with E-state index in [1.165, 1.54) is 48.0 Å². The van der Waals surface area contributed by atoms with Gasteiger partial charge in [0.25, 0.3) is 11.5 Å². The van der Waals surface area contributed by atoms with Gasteiger partial charge in [0.2, 0.25) is 5.91 Å². The van der Waals surface area contributed by atoms with E-state index in [0.29, 0.717) is 0 Å². The Hall–Kier alpha value is -4.76. The highest BCUT2D eigenvalue weighted by atomic mass is 19.4. The van der Waals surface area contributed by atoms with E-state index in [-0.39, 0.29) is 60.1 Å². The number of amides is 3. The number of nitrogens with zero attached hydrogens (tertiary/aromatic N) is 6. The van der Waals surface area contributed by atoms with Crippen LogP contribution in [-0.4, -0.2) is 92.7 Å². The maximum atomic E-state index is 13.1. The quantitative estimate of drug-likeness (QED) is 0.322. The van der Waals surface area contributed by atoms with Crippen molar-refractivity contribution >= 4 is 34.8 Å². The molecule has 3 rings (SSSR count). The predicted octanol–water partition coefficient (Wildman–Crippen LogP) is 2.49. The zero-order chi connectivity index (χ0) is 31.0. The van der Waals surface area contributed by atoms with Crippen LogP contribution in [0.15, 0.2) is 41.6 Å². The summed E-state index contributed by atoms with van der Waals surface area (Å²) in [6, 6.07) is 2.88. The number of alkyl halides is 3. The van der Waals surface area contributed by atoms with Crippen LogP contribution in [0, 0.1) is 0 Å². The molecule has 42 heavy (non-hydrogen) atoms. The highest BCUT2D eigenvalue weighted by Gasteiger charge is 2.28. The lowest BCUT2D eigenvalue weighted by atomic mass is 10.1. The van der Waals surface area contributed by atoms with Crippen molar-refractivity contribution in [2.24, 2.45) is 0 Å². The molecule has 0 spiro atoms. The molecular weight excluding hydrogens is 561 g/mol. The van der Waals surface area contributed by atoms with Gasteiger partial charge in [0, 0.05) is 47.2 Å². The molecule has 0 aliphatic heterocycles. The van der Waals surface area contributed by atoms with Crippen molar-refractivity contribution in [3.8, 4) is 0 Å². The highest BCUT2D eigenvalue weighted by molar-refractivity contribution is 5.95. The SMILES string of the molecule is CN(C)C(=O)C=CCCC(OC(=O)N(C)C)C(=O)Nc1cccn(Cc2nc3ncnc(CCC(F)(F)F)c3[nH]2)c1=O. The molecule has 0 saturated carbocycles. The van der Waals surface area contributed by atoms with Crippen molar-refractivity contribution in [3.05, 3.63) is 58.7 Å². The van der Waals surface area contributed by atoms with E-state index < -0.39 is 36.3 Å². The molecule has 3 heterocycles. The van der Waals surface area contributed by atoms with Crippen molar-refractivity contribution in [1.82, 2.24) is 34.3 Å². The smallest absolute Gasteiger partial charge is 0.410 e. The first-order valence-corrected chi connectivity index (χ1v) is 12.8. The van der Waals surface area contributed by atoms with Crippen molar-refractivity contribution in [3.63, 3.8) is 0 Å². The van der Waals surface area contributed by atoms with Crippen LogP contribution in [0.1, 0.15) is 30.8 Å². The van der Waals surface area contributed by atoms with Gasteiger partial charge < -0.3 is 29.4 Å². The van der Waals surface area contributed by atoms with Crippen LogP contribution in [0.3, 0.4) is 0 Å². The van der Waals surface area contributed by atoms with Gasteiger partial charge in [-0.25, -0.2) is 19.7 Å². The fourth-order valence-corrected chi connectivity index (χ4v) is 3.63. The zero-order valence-corrected chi connectivity index (χ0v) is 23.4. The number of imidazole rings is 1. The zero-order valence-electron chi connectivity index (χ0n) is 23.4. The van der Waals surface area contributed by atoms with Crippen molar-refractivity contribution in [2.45, 2.75) is 44.5 Å². The number of allylic oxidation sites excluding steroid dienone is 1. The molecule has 1 unspecified atom stereocenters. The summed E-state index contributed by atoms with van der Waals surface area (Å²) in [7, 11) is 6.08. The fraction of sp³-hybridized carbons (Fsp3) is 0.423. The number of fused-ring (bicyclic) bond motifs is 1. The number of nitrogens with one attached hydrogen (secondary N) is 2. The lowest BCUT2D eigenvalue weighted by Crippen LogP contribution is -2.37. The molecule has 3 aromatic heterocycles. The molecule has 16 heteroatoms. The Labute approximate surface area is 238 Å². The number of ether oxygens (including phenoxy) is 1. The number of anilines is 1. The van der Waals surface area contributed by atoms with Crippen LogP contribution in [0.4, 0.5) is 23.7 Å². The maximum absolute atomic E-state index is 13.1. The Morgan fingerprint density at radius 1 is 1.17 bits per heavy atom. The summed E-state index contributed by atoms with van der Waals surface area (Å²) >= 11 is 0. The van der Waals surface area contributed by atoms with Crippen molar-refractivity contribution in [1.29, 1.82) is 0 Å². The number of aryl methyl sites for hydroxylation is 1. The topological polar surface area (TPSA) is 155 Å². The number of carbonyl (C=O) groups is 3. The normalized spacial score (nSPS) is 12.4. The molecular formula is C26H31F3N8O5. The third-order valence-electron chi connectivity index (χ3n) is 5.86. The van der Waals surface area contributed by atoms with Gasteiger partial charge in [0.1, 0.15) is 23.4 Å². The second kappa shape index (κ2) is 13.7. The molecule has 3 aromatic rings. The summed E-state index contributed by atoms with van der Waals surface area (Å²) in [4.78, 5) is 67.7. The molecule has 2 N–H and O–H groups in total. The maximum Gasteiger partial charge on any atom is 0.410 e. The second-order valence-electron chi connectivity index (χ2n) is 9.64. The lowest BCUT2D eigenvalue weighted by Gasteiger charge is -2.19. The van der Waals surface area contributed by atoms with Crippen molar-refractivity contribution in [2.75, 3.05) is 33.5 Å². The molecule has 0 fully saturated rings. The van der Waals surface area contributed by atoms with E-state index in [9.17, 15) is 32.3 Å². The summed E-state index contributed by atoms with van der Waals surface area (Å²) in [5.74, 6) is -0.762. The number of H-pyrrole nitrogens is 1. The minimum Gasteiger partial charge on any atom is -0.436 e. The summed E-state index contributed by atoms with van der Waals surface area (Å²) in [5, 5.41) is 2.49. The van der Waals surface area contributed by atoms with E-state index in [1.54, 1.807) is 20.2 Å². The first-order chi connectivity index (χ1) is 19.7. The number of hydrogen-bond acceptors (Lipinski definition) is 8. The first-order valence-electron chi connectivity index (χ1n) is 12.8. The molecule has 1 atom stereocenters. The largest absolute Gasteiger partial charge is 0.436 e. The van der Waals surface area contributed by atoms with Crippen LogP contribution >= 0.6 is 0 Å². The van der Waals surface area contributed by atoms with E-state index in [0.717, 1.165) is 11.2 Å². The number of pyridine rings is 1. The minimum absolute atomic E-state index is 0.0420. The summed E-state index contributed by atoms with van der Waals surface area (Å²) in [6.07, 6.45) is -2.10. The standard InChI is InChI=1S/C26H31F3N8O5/c1-35(2)20(38)10-6-5-9-18(42-25(41)36(3)4)23(39)32-17-8-7-13-37(24(17)40)14-19-33-21-16(11-12-26(27,28)29)30-15-31-22(21)34-19/h6-8,10,13,15,18H,5,9,11-12,14H2,1-4H3,(H,32,39)(H,30,31,33,34). The van der Waals surface area contributed by atoms with E-state index in [2.05, 4.69) is 25.3 Å². The molecule has 3 amide bonds. The van der Waals surface area contributed by atoms with Crippen molar-refractivity contribution < 1.29 is 32.3 Å². The summed E-state index contributed by atoms with van der Waals surface area (Å²) in [6.45, 7) is -0.110. The Morgan fingerprint density at radius 3 is 2.57 bits per heavy atom. The van der Waals surface area contributed by atoms with Crippen LogP contribution in [0.5, 0.6) is 0 Å². The minimum atomic E-state index is -4.36. The number of aromatic nitrogens is 5. The third-order valence-corrected chi connectivity index (χ3v) is 5.86. The van der Waals surface area contributed by atoms with Gasteiger partial charge in [0.05, 0.1) is 12.2 Å². The molecule has 0 aliphatic carbocycles. The van der Waals surface area contributed by atoms with E-state index >= 15 is 0 Å². The Morgan fingerprint density at radius 2 is 1.90 bits per heavy atom. The van der Waals surface area contributed by atoms with Crippen LogP contribution < -0.4 is 10.9 Å². The van der Waals surface area contributed by atoms with Gasteiger partial charge in [0.15, 0.2) is 11.8 Å². The average molecular weight is 593 g/mol. The Bertz CT molecular complexity index is 1510. The second-order valence-corrected chi connectivity index (χ2v) is 9.64. The number of aromatic amines is 1. The van der Waals surface area contributed by atoms with Crippen LogP contribution in [0.2, 0.25) is 0 Å². The molecule has 0 radical (unpaired) electrons. The average Bonchev–Trinajstić information content (AvgIpc) is 3.33. The third kappa shape index (κ3) is 8.87. The van der Waals surface area contributed by atoms with Crippen LogP contribution in [0.25, 0.3) is 11.2 Å². The summed E-state index contributed by atoms with van der Waals surface area (Å²) in [5.41, 5.74) is -0.177. The monoisotopic (exact) mass is 592 g/mol. The molecule has 0 aliphatic rings. The van der Waals surface area contributed by atoms with Gasteiger partial charge in [-0.1, -0.05) is 6.08 Å². The number of hydrogen-bond donors (Lipinski definition) is 2. The van der Waals surface area contributed by atoms with Gasteiger partial charge in [-0.3, -0.25) is 14.4 Å². The van der Waals surface area contributed by atoms with Gasteiger partial charge in [-0.05, 0) is 31.1 Å². The molecule has 0 saturated heterocycles. The number of carbonyl (C=O) groups excluding carboxylic acids is 3. The number of rotatable bonds is 11. The van der Waals surface area contributed by atoms with Gasteiger partial charge >= 0.3 is 12.3 Å². The van der Waals surface area contributed by atoms with E-state index in [4.69, 9.17) is 4.74 Å². The Balaban J connectivity index is 1.76. The molecule has 13 nitrogen and oxygen atoms in total. The summed E-state index contributed by atoms with van der Waals surface area (Å²) < 4.78 is 44.6. The first kappa shape index (κ1) is 31.8. The van der Waals surface area contributed by atoms with Crippen LogP contribution in [-0.2, 0) is 27.3 Å². The predicted molar refractivity (Wildman–Crippen MR) is 146 cm³/mol. The van der Waals surface area contributed by atoms with E-state index in [1.807, 2.05) is 0 Å². The van der Waals surface area contributed by atoms with Gasteiger partial charge in [-0.2, -0.15) is 13.2 Å². The van der Waals surface area contributed by atoms with Gasteiger partial charge in [-0.15, -0.1) is 0 Å². The number of likely N-dealkylation sites (N-methyl/N-ethyl adjacent to an activating group) is 1. The highest BCUT2D eigenvalue weighted by Crippen LogP contribution is 2.23.